The number of aryl methyl sites for hydroxylation is 1. The van der Waals surface area contributed by atoms with E-state index in [2.05, 4.69) is 19.2 Å². The number of benzene rings is 2. The fraction of sp³-hybridized carbons (Fsp3) is 0.421. The van der Waals surface area contributed by atoms with Gasteiger partial charge in [0, 0.05) is 52.4 Å². The molecule has 50 heavy (non-hydrogen) atoms. The van der Waals surface area contributed by atoms with Crippen molar-refractivity contribution in [2.45, 2.75) is 76.6 Å². The van der Waals surface area contributed by atoms with E-state index >= 15 is 4.39 Å². The zero-order valence-corrected chi connectivity index (χ0v) is 29.8. The van der Waals surface area contributed by atoms with E-state index in [1.165, 1.54) is 6.07 Å². The summed E-state index contributed by atoms with van der Waals surface area (Å²) in [6.45, 7) is 8.50. The number of ether oxygens (including phenoxy) is 2. The number of pyridine rings is 1. The number of nitrogens with zero attached hydrogens (tertiary/aromatic N) is 2. The minimum absolute atomic E-state index is 0.00649. The molecule has 1 aromatic heterocycles. The van der Waals surface area contributed by atoms with Crippen LogP contribution < -0.4 is 11.1 Å². The van der Waals surface area contributed by atoms with Crippen LogP contribution >= 0.6 is 11.8 Å². The second-order valence-corrected chi connectivity index (χ2v) is 15.1. The molecule has 0 bridgehead atoms. The Bertz CT molecular complexity index is 1940. The van der Waals surface area contributed by atoms with Crippen LogP contribution in [0.5, 0.6) is 0 Å². The second kappa shape index (κ2) is 13.8. The van der Waals surface area contributed by atoms with Crippen molar-refractivity contribution < 1.29 is 33.4 Å². The third kappa shape index (κ3) is 6.52. The Kier molecular flexibility index (Phi) is 9.82. The van der Waals surface area contributed by atoms with Gasteiger partial charge < -0.3 is 30.5 Å². The Morgan fingerprint density at radius 2 is 2.04 bits per heavy atom. The first-order valence-corrected chi connectivity index (χ1v) is 17.8. The van der Waals surface area contributed by atoms with Crippen molar-refractivity contribution in [2.75, 3.05) is 26.0 Å². The van der Waals surface area contributed by atoms with Crippen LogP contribution in [0.4, 0.5) is 9.18 Å². The van der Waals surface area contributed by atoms with Gasteiger partial charge in [-0.15, -0.1) is 11.8 Å². The van der Waals surface area contributed by atoms with Crippen LogP contribution in [0.3, 0.4) is 0 Å². The van der Waals surface area contributed by atoms with Gasteiger partial charge in [-0.1, -0.05) is 32.9 Å². The molecule has 12 heteroatoms. The maximum Gasteiger partial charge on any atom is 0.407 e. The van der Waals surface area contributed by atoms with E-state index in [-0.39, 0.29) is 42.0 Å². The predicted octanol–water partition coefficient (Wildman–Crippen LogP) is 5.65. The van der Waals surface area contributed by atoms with Gasteiger partial charge in [-0.25, -0.2) is 19.0 Å². The van der Waals surface area contributed by atoms with Gasteiger partial charge in [-0.05, 0) is 78.6 Å². The maximum absolute atomic E-state index is 15.3. The molecule has 0 saturated carbocycles. The first-order valence-electron chi connectivity index (χ1n) is 16.8. The van der Waals surface area contributed by atoms with Crippen LogP contribution in [0.15, 0.2) is 52.4 Å². The molecule has 1 amide bonds. The van der Waals surface area contributed by atoms with Crippen molar-refractivity contribution >= 4 is 46.7 Å². The molecule has 4 N–H and O–H groups in total. The van der Waals surface area contributed by atoms with Crippen LogP contribution in [0.25, 0.3) is 16.6 Å². The lowest BCUT2D eigenvalue weighted by Gasteiger charge is -2.32. The topological polar surface area (TPSA) is 144 Å². The Morgan fingerprint density at radius 3 is 2.72 bits per heavy atom. The van der Waals surface area contributed by atoms with Gasteiger partial charge in [0.05, 0.1) is 22.9 Å². The number of halogens is 1. The molecule has 6 rings (SSSR count). The SMILES string of the molecule is CC[C@@]1(O)C(=O)OCC(C=O)=C1C=C1c2nc3cc(F)c(C)c4c3c(c2CN1C)[C@@H](NC(=O)OCc1ccc(SCC(C)(C)CN)cc1)CC4. The summed E-state index contributed by atoms with van der Waals surface area (Å²) in [4.78, 5) is 46.0. The van der Waals surface area contributed by atoms with Gasteiger partial charge in [0.2, 0.25) is 0 Å². The van der Waals surface area contributed by atoms with Crippen molar-refractivity contribution in [3.05, 3.63) is 86.9 Å². The fourth-order valence-corrected chi connectivity index (χ4v) is 7.82. The minimum atomic E-state index is -2.01. The summed E-state index contributed by atoms with van der Waals surface area (Å²) >= 11 is 1.74. The highest BCUT2D eigenvalue weighted by Gasteiger charge is 2.45. The summed E-state index contributed by atoms with van der Waals surface area (Å²) in [6.07, 6.45) is 2.68. The fourth-order valence-electron chi connectivity index (χ4n) is 6.82. The predicted molar refractivity (Wildman–Crippen MR) is 190 cm³/mol. The van der Waals surface area contributed by atoms with Gasteiger partial charge in [-0.2, -0.15) is 0 Å². The molecule has 2 atom stereocenters. The zero-order chi connectivity index (χ0) is 36.0. The Balaban J connectivity index is 1.31. The smallest absolute Gasteiger partial charge is 0.407 e. The lowest BCUT2D eigenvalue weighted by molar-refractivity contribution is -0.162. The summed E-state index contributed by atoms with van der Waals surface area (Å²) in [7, 11) is 1.84. The van der Waals surface area contributed by atoms with Crippen LogP contribution in [-0.4, -0.2) is 64.9 Å². The van der Waals surface area contributed by atoms with E-state index in [1.807, 2.05) is 36.2 Å². The molecule has 3 heterocycles. The van der Waals surface area contributed by atoms with Gasteiger partial charge in [0.1, 0.15) is 25.3 Å². The number of amides is 1. The number of aliphatic hydroxyl groups is 1. The average molecular weight is 703 g/mol. The highest BCUT2D eigenvalue weighted by atomic mass is 32.2. The molecule has 0 radical (unpaired) electrons. The number of fused-ring (bicyclic) bond motifs is 2. The van der Waals surface area contributed by atoms with E-state index in [4.69, 9.17) is 20.2 Å². The van der Waals surface area contributed by atoms with Crippen LogP contribution in [0, 0.1) is 18.2 Å². The number of hydrogen-bond acceptors (Lipinski definition) is 10. The Labute approximate surface area is 295 Å². The number of alkyl carbamates (subject to hydrolysis) is 1. The molecule has 2 aliphatic heterocycles. The number of carbonyl (C=O) groups excluding carboxylic acids is 3. The molecule has 0 fully saturated rings. The standard InChI is InChI=1S/C38H43FN4O6S/c1-6-38(47)27(23(16-44)18-48-35(38)45)13-31-34-26(15-43(31)5)33-29(12-11-25-21(2)28(39)14-30(41-34)32(25)33)42-36(46)49-17-22-7-9-24(10-8-22)50-20-37(3,4)19-40/h7-10,13-14,16,29,47H,6,11-12,15,17-20,40H2,1-5H3,(H,42,46)/t29-,38-/m0/s1. The highest BCUT2D eigenvalue weighted by molar-refractivity contribution is 7.99. The number of carbonyl (C=O) groups is 3. The van der Waals surface area contributed by atoms with Crippen molar-refractivity contribution in [2.24, 2.45) is 11.1 Å². The van der Waals surface area contributed by atoms with Crippen LogP contribution in [0.2, 0.25) is 0 Å². The summed E-state index contributed by atoms with van der Waals surface area (Å²) in [6, 6.07) is 8.87. The largest absolute Gasteiger partial charge is 0.458 e. The molecular formula is C38H43FN4O6S. The molecule has 264 valence electrons. The number of hydrogen-bond donors (Lipinski definition) is 3. The number of cyclic esters (lactones) is 1. The quantitative estimate of drug-likeness (QED) is 0.138. The molecule has 3 aliphatic rings. The molecule has 3 aromatic rings. The van der Waals surface area contributed by atoms with E-state index < -0.39 is 23.7 Å². The van der Waals surface area contributed by atoms with Gasteiger partial charge in [0.25, 0.3) is 0 Å². The molecule has 0 spiro atoms. The third-order valence-electron chi connectivity index (χ3n) is 10.0. The van der Waals surface area contributed by atoms with Crippen molar-refractivity contribution in [3.8, 4) is 0 Å². The van der Waals surface area contributed by atoms with Crippen molar-refractivity contribution in [3.63, 3.8) is 0 Å². The number of aromatic nitrogens is 1. The van der Waals surface area contributed by atoms with Crippen LogP contribution in [-0.2, 0) is 38.6 Å². The first-order chi connectivity index (χ1) is 23.8. The minimum Gasteiger partial charge on any atom is -0.458 e. The van der Waals surface area contributed by atoms with Gasteiger partial charge in [-0.3, -0.25) is 4.79 Å². The molecular weight excluding hydrogens is 660 g/mol. The monoisotopic (exact) mass is 702 g/mol. The summed E-state index contributed by atoms with van der Waals surface area (Å²) in [5.41, 5.74) is 9.62. The number of nitrogens with one attached hydrogen (secondary N) is 1. The number of esters is 1. The first kappa shape index (κ1) is 35.6. The van der Waals surface area contributed by atoms with Crippen molar-refractivity contribution in [1.29, 1.82) is 0 Å². The molecule has 0 saturated heterocycles. The number of aldehydes is 1. The van der Waals surface area contributed by atoms with Gasteiger partial charge in [0.15, 0.2) is 5.60 Å². The maximum atomic E-state index is 15.3. The number of rotatable bonds is 10. The summed E-state index contributed by atoms with van der Waals surface area (Å²) < 4.78 is 26.0. The lowest BCUT2D eigenvalue weighted by Crippen LogP contribution is -2.45. The van der Waals surface area contributed by atoms with E-state index in [0.29, 0.717) is 54.7 Å². The molecule has 10 nitrogen and oxygen atoms in total. The zero-order valence-electron chi connectivity index (χ0n) is 29.0. The van der Waals surface area contributed by atoms with Crippen molar-refractivity contribution in [1.82, 2.24) is 15.2 Å². The van der Waals surface area contributed by atoms with Crippen LogP contribution in [0.1, 0.15) is 73.2 Å². The van der Waals surface area contributed by atoms with Gasteiger partial charge >= 0.3 is 12.1 Å². The third-order valence-corrected chi connectivity index (χ3v) is 11.5. The second-order valence-electron chi connectivity index (χ2n) is 14.1. The lowest BCUT2D eigenvalue weighted by atomic mass is 9.81. The molecule has 1 aliphatic carbocycles. The van der Waals surface area contributed by atoms with E-state index in [1.54, 1.807) is 31.7 Å². The van der Waals surface area contributed by atoms with E-state index in [9.17, 15) is 19.5 Å². The summed E-state index contributed by atoms with van der Waals surface area (Å²) in [5, 5.41) is 15.2. The summed E-state index contributed by atoms with van der Waals surface area (Å²) in [5.74, 6) is -0.307. The Morgan fingerprint density at radius 1 is 1.30 bits per heavy atom. The normalized spacial score (nSPS) is 21.0. The highest BCUT2D eigenvalue weighted by Crippen LogP contribution is 2.46. The van der Waals surface area contributed by atoms with E-state index in [0.717, 1.165) is 38.3 Å². The molecule has 2 aromatic carbocycles. The molecule has 0 unspecified atom stereocenters. The number of nitrogens with two attached hydrogens (primary N) is 1. The Hall–Kier alpha value is -4.26. The number of thioether (sulfide) groups is 1. The average Bonchev–Trinajstić information content (AvgIpc) is 3.42.